The number of hydrogen-bond donors (Lipinski definition) is 2. The van der Waals surface area contributed by atoms with Crippen molar-refractivity contribution in [1.29, 1.82) is 5.41 Å². The second-order valence-corrected chi connectivity index (χ2v) is 3.22. The van der Waals surface area contributed by atoms with Crippen LogP contribution in [0.1, 0.15) is 12.8 Å². The van der Waals surface area contributed by atoms with E-state index in [-0.39, 0.29) is 5.84 Å². The minimum Gasteiger partial charge on any atom is -0.387 e. The Morgan fingerprint density at radius 2 is 2.33 bits per heavy atom. The topological polar surface area (TPSA) is 62.3 Å². The van der Waals surface area contributed by atoms with Gasteiger partial charge in [-0.05, 0) is 12.8 Å². The lowest BCUT2D eigenvalue weighted by molar-refractivity contribution is 0.152. The fourth-order valence-corrected chi connectivity index (χ4v) is 1.26. The van der Waals surface area contributed by atoms with Crippen molar-refractivity contribution in [1.82, 2.24) is 4.90 Å². The highest BCUT2D eigenvalue weighted by atomic mass is 16.5. The van der Waals surface area contributed by atoms with Crippen LogP contribution in [-0.2, 0) is 4.74 Å². The zero-order valence-electron chi connectivity index (χ0n) is 7.55. The maximum atomic E-state index is 7.18. The second kappa shape index (κ2) is 4.42. The lowest BCUT2D eigenvalue weighted by atomic mass is 10.4. The van der Waals surface area contributed by atoms with Crippen LogP contribution in [0.5, 0.6) is 0 Å². The number of nitrogens with one attached hydrogen (secondary N) is 1. The van der Waals surface area contributed by atoms with Crippen LogP contribution in [-0.4, -0.2) is 43.6 Å². The van der Waals surface area contributed by atoms with Gasteiger partial charge in [0.2, 0.25) is 0 Å². The van der Waals surface area contributed by atoms with Gasteiger partial charge < -0.3 is 10.5 Å². The van der Waals surface area contributed by atoms with Gasteiger partial charge in [-0.2, -0.15) is 0 Å². The quantitative estimate of drug-likeness (QED) is 0.438. The first-order valence-corrected chi connectivity index (χ1v) is 4.30. The molecule has 0 heterocycles. The van der Waals surface area contributed by atoms with Gasteiger partial charge in [0, 0.05) is 19.7 Å². The van der Waals surface area contributed by atoms with Crippen LogP contribution in [0.15, 0.2) is 0 Å². The van der Waals surface area contributed by atoms with E-state index in [0.717, 1.165) is 13.2 Å². The molecule has 1 aliphatic carbocycles. The summed E-state index contributed by atoms with van der Waals surface area (Å²) in [5.41, 5.74) is 5.33. The van der Waals surface area contributed by atoms with E-state index >= 15 is 0 Å². The first-order chi connectivity index (χ1) is 5.74. The van der Waals surface area contributed by atoms with Crippen molar-refractivity contribution in [2.24, 2.45) is 5.73 Å². The van der Waals surface area contributed by atoms with Gasteiger partial charge in [0.15, 0.2) is 0 Å². The van der Waals surface area contributed by atoms with Crippen LogP contribution in [0.2, 0.25) is 0 Å². The van der Waals surface area contributed by atoms with Crippen molar-refractivity contribution in [3.05, 3.63) is 0 Å². The summed E-state index contributed by atoms with van der Waals surface area (Å²) in [5, 5.41) is 7.18. The highest BCUT2D eigenvalue weighted by Gasteiger charge is 2.28. The summed E-state index contributed by atoms with van der Waals surface area (Å²) >= 11 is 0. The molecule has 70 valence electrons. The molecule has 0 unspecified atom stereocenters. The van der Waals surface area contributed by atoms with E-state index in [2.05, 4.69) is 4.90 Å². The monoisotopic (exact) mass is 171 g/mol. The molecule has 0 bridgehead atoms. The van der Waals surface area contributed by atoms with Crippen molar-refractivity contribution in [3.8, 4) is 0 Å². The molecule has 4 heteroatoms. The van der Waals surface area contributed by atoms with Crippen LogP contribution in [0.25, 0.3) is 0 Å². The molecule has 0 spiro atoms. The van der Waals surface area contributed by atoms with Crippen LogP contribution >= 0.6 is 0 Å². The Bertz CT molecular complexity index is 156. The third-order valence-electron chi connectivity index (χ3n) is 2.02. The van der Waals surface area contributed by atoms with Gasteiger partial charge in [0.25, 0.3) is 0 Å². The normalized spacial score (nSPS) is 16.8. The zero-order valence-corrected chi connectivity index (χ0v) is 7.55. The van der Waals surface area contributed by atoms with E-state index in [9.17, 15) is 0 Å². The van der Waals surface area contributed by atoms with E-state index < -0.39 is 0 Å². The van der Waals surface area contributed by atoms with Gasteiger partial charge in [-0.15, -0.1) is 0 Å². The van der Waals surface area contributed by atoms with Gasteiger partial charge in [0.1, 0.15) is 5.84 Å². The summed E-state index contributed by atoms with van der Waals surface area (Å²) in [6, 6.07) is 0.657. The molecule has 0 aliphatic heterocycles. The molecular formula is C8H17N3O. The molecule has 1 rings (SSSR count). The Hall–Kier alpha value is -0.610. The van der Waals surface area contributed by atoms with Gasteiger partial charge in [-0.25, -0.2) is 0 Å². The van der Waals surface area contributed by atoms with Crippen LogP contribution in [0.3, 0.4) is 0 Å². The molecule has 0 aromatic carbocycles. The standard InChI is InChI=1S/C8H17N3O/c1-12-5-4-11(6-8(9)10)7-2-3-7/h7H,2-6H2,1H3,(H3,9,10). The highest BCUT2D eigenvalue weighted by Crippen LogP contribution is 2.25. The number of rotatable bonds is 6. The van der Waals surface area contributed by atoms with Crippen molar-refractivity contribution < 1.29 is 4.74 Å². The number of nitrogens with two attached hydrogens (primary N) is 1. The maximum absolute atomic E-state index is 7.18. The number of nitrogens with zero attached hydrogens (tertiary/aromatic N) is 1. The summed E-state index contributed by atoms with van der Waals surface area (Å²) in [4.78, 5) is 2.21. The highest BCUT2D eigenvalue weighted by molar-refractivity contribution is 5.79. The van der Waals surface area contributed by atoms with Gasteiger partial charge in [-0.1, -0.05) is 0 Å². The molecular weight excluding hydrogens is 154 g/mol. The average molecular weight is 171 g/mol. The average Bonchev–Trinajstić information content (AvgIpc) is 2.79. The maximum Gasteiger partial charge on any atom is 0.105 e. The fourth-order valence-electron chi connectivity index (χ4n) is 1.26. The molecule has 1 aliphatic rings. The molecule has 0 aromatic rings. The third-order valence-corrected chi connectivity index (χ3v) is 2.02. The zero-order chi connectivity index (χ0) is 8.97. The number of hydrogen-bond acceptors (Lipinski definition) is 3. The van der Waals surface area contributed by atoms with E-state index in [4.69, 9.17) is 15.9 Å². The smallest absolute Gasteiger partial charge is 0.105 e. The molecule has 3 N–H and O–H groups in total. The molecule has 1 saturated carbocycles. The molecule has 0 radical (unpaired) electrons. The molecule has 4 nitrogen and oxygen atoms in total. The summed E-state index contributed by atoms with van der Waals surface area (Å²) in [6.45, 7) is 2.21. The molecule has 0 atom stereocenters. The lowest BCUT2D eigenvalue weighted by Gasteiger charge is -2.20. The first-order valence-electron chi connectivity index (χ1n) is 4.30. The predicted molar refractivity (Wildman–Crippen MR) is 48.4 cm³/mol. The SMILES string of the molecule is COCCN(CC(=N)N)C1CC1. The Labute approximate surface area is 73.2 Å². The Balaban J connectivity index is 2.22. The molecule has 0 amide bonds. The van der Waals surface area contributed by atoms with Crippen molar-refractivity contribution in [2.75, 3.05) is 26.8 Å². The van der Waals surface area contributed by atoms with Crippen LogP contribution in [0.4, 0.5) is 0 Å². The first kappa shape index (κ1) is 9.48. The largest absolute Gasteiger partial charge is 0.387 e. The molecule has 0 saturated heterocycles. The Kier molecular flexibility index (Phi) is 3.49. The molecule has 0 aromatic heterocycles. The van der Waals surface area contributed by atoms with E-state index in [1.807, 2.05) is 0 Å². The van der Waals surface area contributed by atoms with E-state index in [1.165, 1.54) is 12.8 Å². The molecule has 1 fully saturated rings. The summed E-state index contributed by atoms with van der Waals surface area (Å²) < 4.78 is 4.98. The van der Waals surface area contributed by atoms with Crippen LogP contribution < -0.4 is 5.73 Å². The minimum absolute atomic E-state index is 0.248. The minimum atomic E-state index is 0.248. The van der Waals surface area contributed by atoms with E-state index in [1.54, 1.807) is 7.11 Å². The fraction of sp³-hybridized carbons (Fsp3) is 0.875. The van der Waals surface area contributed by atoms with Gasteiger partial charge in [0.05, 0.1) is 13.2 Å². The number of methoxy groups -OCH3 is 1. The summed E-state index contributed by atoms with van der Waals surface area (Å²) in [7, 11) is 1.69. The third kappa shape index (κ3) is 3.19. The Morgan fingerprint density at radius 3 is 2.75 bits per heavy atom. The number of amidine groups is 1. The van der Waals surface area contributed by atoms with Crippen molar-refractivity contribution in [3.63, 3.8) is 0 Å². The number of ether oxygens (including phenoxy) is 1. The van der Waals surface area contributed by atoms with Crippen LogP contribution in [0, 0.1) is 5.41 Å². The second-order valence-electron chi connectivity index (χ2n) is 3.22. The lowest BCUT2D eigenvalue weighted by Crippen LogP contribution is -2.37. The van der Waals surface area contributed by atoms with Gasteiger partial charge >= 0.3 is 0 Å². The molecule has 12 heavy (non-hydrogen) atoms. The Morgan fingerprint density at radius 1 is 1.67 bits per heavy atom. The summed E-state index contributed by atoms with van der Waals surface area (Å²) in [6.07, 6.45) is 2.49. The van der Waals surface area contributed by atoms with E-state index in [0.29, 0.717) is 12.6 Å². The van der Waals surface area contributed by atoms with Crippen molar-refractivity contribution >= 4 is 5.84 Å². The predicted octanol–water partition coefficient (Wildman–Crippen LogP) is 0.0332. The summed E-state index contributed by atoms with van der Waals surface area (Å²) in [5.74, 6) is 0.248. The van der Waals surface area contributed by atoms with Gasteiger partial charge in [-0.3, -0.25) is 10.3 Å². The van der Waals surface area contributed by atoms with Crippen molar-refractivity contribution in [2.45, 2.75) is 18.9 Å².